The fraction of sp³-hybridized carbons (Fsp3) is 0.0714. The summed E-state index contributed by atoms with van der Waals surface area (Å²) in [5.41, 5.74) is 6.57. The Morgan fingerprint density at radius 2 is 2.00 bits per heavy atom. The average Bonchev–Trinajstić information content (AvgIpc) is 2.93. The number of phenolic OH excluding ortho intramolecular Hbond substituents is 1. The SMILES string of the molecule is COC(=O)c1cc2c(-c3cc(O)c(Cl)cc3Cl)nc(N)nc2s1. The summed E-state index contributed by atoms with van der Waals surface area (Å²) in [4.78, 5) is 20.9. The number of nitrogens with zero attached hydrogens (tertiary/aromatic N) is 2. The minimum absolute atomic E-state index is 0.0243. The molecule has 0 saturated carbocycles. The number of esters is 1. The van der Waals surface area contributed by atoms with Gasteiger partial charge < -0.3 is 15.6 Å². The van der Waals surface area contributed by atoms with E-state index in [2.05, 4.69) is 9.97 Å². The summed E-state index contributed by atoms with van der Waals surface area (Å²) in [6.07, 6.45) is 0. The molecule has 0 fully saturated rings. The molecule has 118 valence electrons. The Morgan fingerprint density at radius 1 is 1.26 bits per heavy atom. The largest absolute Gasteiger partial charge is 0.506 e. The lowest BCUT2D eigenvalue weighted by molar-refractivity contribution is 0.0606. The molecule has 6 nitrogen and oxygen atoms in total. The minimum atomic E-state index is -0.484. The number of aromatic nitrogens is 2. The van der Waals surface area contributed by atoms with Crippen molar-refractivity contribution in [2.24, 2.45) is 0 Å². The van der Waals surface area contributed by atoms with E-state index in [0.717, 1.165) is 11.3 Å². The minimum Gasteiger partial charge on any atom is -0.506 e. The molecule has 3 rings (SSSR count). The number of halogens is 2. The third kappa shape index (κ3) is 2.78. The molecule has 2 heterocycles. The second-order valence-electron chi connectivity index (χ2n) is 4.53. The van der Waals surface area contributed by atoms with E-state index >= 15 is 0 Å². The van der Waals surface area contributed by atoms with Gasteiger partial charge in [0.2, 0.25) is 5.95 Å². The summed E-state index contributed by atoms with van der Waals surface area (Å²) in [5.74, 6) is -0.598. The Hall–Kier alpha value is -2.09. The summed E-state index contributed by atoms with van der Waals surface area (Å²) in [5, 5.41) is 10.8. The fourth-order valence-corrected chi connectivity index (χ4v) is 3.49. The number of hydrogen-bond acceptors (Lipinski definition) is 7. The molecular formula is C14H9Cl2N3O3S. The zero-order valence-corrected chi connectivity index (χ0v) is 14.0. The van der Waals surface area contributed by atoms with E-state index in [9.17, 15) is 9.90 Å². The van der Waals surface area contributed by atoms with Gasteiger partial charge in [-0.05, 0) is 18.2 Å². The third-order valence-electron chi connectivity index (χ3n) is 3.09. The number of nitrogen functional groups attached to an aromatic ring is 1. The Bertz CT molecular complexity index is 943. The van der Waals surface area contributed by atoms with Gasteiger partial charge in [-0.25, -0.2) is 14.8 Å². The summed E-state index contributed by atoms with van der Waals surface area (Å²) in [6, 6.07) is 4.40. The predicted molar refractivity (Wildman–Crippen MR) is 90.3 cm³/mol. The van der Waals surface area contributed by atoms with Crippen LogP contribution < -0.4 is 5.73 Å². The van der Waals surface area contributed by atoms with Crippen LogP contribution in [0.3, 0.4) is 0 Å². The van der Waals surface area contributed by atoms with Crippen molar-refractivity contribution in [1.29, 1.82) is 0 Å². The zero-order chi connectivity index (χ0) is 16.7. The molecule has 2 aromatic heterocycles. The Morgan fingerprint density at radius 3 is 2.70 bits per heavy atom. The Balaban J connectivity index is 2.31. The molecule has 0 atom stereocenters. The van der Waals surface area contributed by atoms with Gasteiger partial charge in [-0.2, -0.15) is 0 Å². The number of aromatic hydroxyl groups is 1. The first-order chi connectivity index (χ1) is 10.9. The van der Waals surface area contributed by atoms with Crippen molar-refractivity contribution in [1.82, 2.24) is 9.97 Å². The molecule has 23 heavy (non-hydrogen) atoms. The second-order valence-corrected chi connectivity index (χ2v) is 6.38. The lowest BCUT2D eigenvalue weighted by Gasteiger charge is -2.08. The zero-order valence-electron chi connectivity index (χ0n) is 11.6. The topological polar surface area (TPSA) is 98.3 Å². The molecular weight excluding hydrogens is 361 g/mol. The summed E-state index contributed by atoms with van der Waals surface area (Å²) < 4.78 is 4.71. The van der Waals surface area contributed by atoms with Crippen LogP contribution in [0.1, 0.15) is 9.67 Å². The van der Waals surface area contributed by atoms with Gasteiger partial charge >= 0.3 is 5.97 Å². The van der Waals surface area contributed by atoms with E-state index in [0.29, 0.717) is 26.4 Å². The molecule has 0 saturated heterocycles. The van der Waals surface area contributed by atoms with Crippen molar-refractivity contribution < 1.29 is 14.6 Å². The predicted octanol–water partition coefficient (Wildman–Crippen LogP) is 3.74. The van der Waals surface area contributed by atoms with Crippen molar-refractivity contribution in [3.8, 4) is 17.0 Å². The van der Waals surface area contributed by atoms with Gasteiger partial charge in [0.15, 0.2) is 0 Å². The first kappa shape index (κ1) is 15.8. The number of fused-ring (bicyclic) bond motifs is 1. The second kappa shape index (κ2) is 5.84. The van der Waals surface area contributed by atoms with Crippen molar-refractivity contribution in [2.45, 2.75) is 0 Å². The number of benzene rings is 1. The van der Waals surface area contributed by atoms with Gasteiger partial charge in [-0.15, -0.1) is 11.3 Å². The number of carbonyl (C=O) groups is 1. The highest BCUT2D eigenvalue weighted by molar-refractivity contribution is 7.20. The number of phenols is 1. The molecule has 0 unspecified atom stereocenters. The maximum absolute atomic E-state index is 11.7. The number of thiophene rings is 1. The molecule has 0 aliphatic rings. The van der Waals surface area contributed by atoms with Crippen LogP contribution in [-0.4, -0.2) is 28.2 Å². The number of anilines is 1. The number of hydrogen-bond donors (Lipinski definition) is 2. The molecule has 0 aliphatic carbocycles. The van der Waals surface area contributed by atoms with Crippen molar-refractivity contribution in [3.05, 3.63) is 33.1 Å². The summed E-state index contributed by atoms with van der Waals surface area (Å²) >= 11 is 13.2. The van der Waals surface area contributed by atoms with Gasteiger partial charge in [-0.1, -0.05) is 23.2 Å². The lowest BCUT2D eigenvalue weighted by Crippen LogP contribution is -1.97. The van der Waals surface area contributed by atoms with E-state index < -0.39 is 5.97 Å². The van der Waals surface area contributed by atoms with Gasteiger partial charge in [0.05, 0.1) is 22.8 Å². The lowest BCUT2D eigenvalue weighted by atomic mass is 10.1. The molecule has 0 amide bonds. The van der Waals surface area contributed by atoms with E-state index in [1.54, 1.807) is 6.07 Å². The number of carbonyl (C=O) groups excluding carboxylic acids is 1. The van der Waals surface area contributed by atoms with E-state index in [4.69, 9.17) is 33.7 Å². The quantitative estimate of drug-likeness (QED) is 0.667. The molecule has 1 aromatic carbocycles. The maximum Gasteiger partial charge on any atom is 0.348 e. The maximum atomic E-state index is 11.7. The highest BCUT2D eigenvalue weighted by Gasteiger charge is 2.19. The van der Waals surface area contributed by atoms with Gasteiger partial charge in [-0.3, -0.25) is 0 Å². The van der Waals surface area contributed by atoms with Crippen molar-refractivity contribution in [3.63, 3.8) is 0 Å². The Kier molecular flexibility index (Phi) is 4.01. The molecule has 0 bridgehead atoms. The number of nitrogens with two attached hydrogens (primary N) is 1. The molecule has 3 N–H and O–H groups in total. The molecule has 0 aliphatic heterocycles. The van der Waals surface area contributed by atoms with Crippen LogP contribution in [0.5, 0.6) is 5.75 Å². The number of methoxy groups -OCH3 is 1. The normalized spacial score (nSPS) is 10.9. The molecule has 3 aromatic rings. The molecule has 0 radical (unpaired) electrons. The molecule has 0 spiro atoms. The van der Waals surface area contributed by atoms with Gasteiger partial charge in [0.25, 0.3) is 0 Å². The molecule has 9 heteroatoms. The van der Waals surface area contributed by atoms with Crippen molar-refractivity contribution in [2.75, 3.05) is 12.8 Å². The van der Waals surface area contributed by atoms with Crippen LogP contribution in [0.4, 0.5) is 5.95 Å². The van der Waals surface area contributed by atoms with Crippen LogP contribution in [0.15, 0.2) is 18.2 Å². The summed E-state index contributed by atoms with van der Waals surface area (Å²) in [7, 11) is 1.29. The van der Waals surface area contributed by atoms with Crippen LogP contribution in [-0.2, 0) is 4.74 Å². The van der Waals surface area contributed by atoms with E-state index in [1.807, 2.05) is 0 Å². The number of rotatable bonds is 2. The van der Waals surface area contributed by atoms with Gasteiger partial charge in [0, 0.05) is 10.9 Å². The van der Waals surface area contributed by atoms with E-state index in [-0.39, 0.29) is 21.7 Å². The standard InChI is InChI=1S/C14H9Cl2N3O3S/c1-22-13(21)10-3-6-11(18-14(17)19-12(6)23-10)5-2-9(20)8(16)4-7(5)15/h2-4,20H,1H3,(H2,17,18,19). The highest BCUT2D eigenvalue weighted by atomic mass is 35.5. The Labute approximate surface area is 144 Å². The van der Waals surface area contributed by atoms with Crippen LogP contribution in [0.25, 0.3) is 21.5 Å². The fourth-order valence-electron chi connectivity index (χ4n) is 2.06. The number of ether oxygens (including phenoxy) is 1. The van der Waals surface area contributed by atoms with E-state index in [1.165, 1.54) is 19.2 Å². The first-order valence-corrected chi connectivity index (χ1v) is 7.81. The van der Waals surface area contributed by atoms with Gasteiger partial charge in [0.1, 0.15) is 15.5 Å². The van der Waals surface area contributed by atoms with Crippen molar-refractivity contribution >= 4 is 56.7 Å². The monoisotopic (exact) mass is 369 g/mol. The summed E-state index contributed by atoms with van der Waals surface area (Å²) in [6.45, 7) is 0. The third-order valence-corrected chi connectivity index (χ3v) is 4.71. The average molecular weight is 370 g/mol. The van der Waals surface area contributed by atoms with Crippen LogP contribution in [0, 0.1) is 0 Å². The highest BCUT2D eigenvalue weighted by Crippen LogP contribution is 2.39. The van der Waals surface area contributed by atoms with Crippen LogP contribution >= 0.6 is 34.5 Å². The first-order valence-electron chi connectivity index (χ1n) is 6.24. The smallest absolute Gasteiger partial charge is 0.348 e. The van der Waals surface area contributed by atoms with Crippen LogP contribution in [0.2, 0.25) is 10.0 Å².